The number of nitrogens with zero attached hydrogens (tertiary/aromatic N) is 5. The van der Waals surface area contributed by atoms with Crippen LogP contribution in [0.5, 0.6) is 0 Å². The smallest absolute Gasteiger partial charge is 0.238 e. The van der Waals surface area contributed by atoms with Crippen molar-refractivity contribution in [3.63, 3.8) is 0 Å². The Morgan fingerprint density at radius 1 is 0.361 bits per heavy atom. The normalized spacial score (nSPS) is 11.8. The average molecular weight is 942 g/mol. The number of furan rings is 1. The number of para-hydroxylation sites is 4. The lowest BCUT2D eigenvalue weighted by atomic mass is 9.95. The van der Waals surface area contributed by atoms with Crippen molar-refractivity contribution in [2.75, 3.05) is 0 Å². The Kier molecular flexibility index (Phi) is 9.72. The summed E-state index contributed by atoms with van der Waals surface area (Å²) >= 11 is 1.85. The van der Waals surface area contributed by atoms with E-state index in [-0.39, 0.29) is 0 Å². The second kappa shape index (κ2) is 16.8. The molecule has 0 radical (unpaired) electrons. The summed E-state index contributed by atoms with van der Waals surface area (Å²) < 4.78 is 13.6. The van der Waals surface area contributed by atoms with Crippen LogP contribution in [0.2, 0.25) is 0 Å². The van der Waals surface area contributed by atoms with Gasteiger partial charge in [-0.25, -0.2) is 4.98 Å². The van der Waals surface area contributed by atoms with Crippen molar-refractivity contribution < 1.29 is 4.42 Å². The van der Waals surface area contributed by atoms with E-state index in [4.69, 9.17) is 19.4 Å². The molecule has 0 amide bonds. The minimum Gasteiger partial charge on any atom is -0.456 e. The fraction of sp³-hybridized carbons (Fsp3) is 0.0308. The molecule has 0 bridgehead atoms. The van der Waals surface area contributed by atoms with Crippen LogP contribution in [0.4, 0.5) is 0 Å². The molecule has 5 heterocycles. The maximum Gasteiger partial charge on any atom is 0.238 e. The van der Waals surface area contributed by atoms with Gasteiger partial charge in [0.1, 0.15) is 11.2 Å². The molecule has 0 saturated heterocycles. The third-order valence-corrected chi connectivity index (χ3v) is 15.1. The van der Waals surface area contributed by atoms with Crippen molar-refractivity contribution in [1.29, 1.82) is 0 Å². The molecule has 15 aromatic rings. The fourth-order valence-corrected chi connectivity index (χ4v) is 12.0. The van der Waals surface area contributed by atoms with Gasteiger partial charge in [-0.3, -0.25) is 4.57 Å². The molecule has 0 saturated carbocycles. The molecule has 72 heavy (non-hydrogen) atoms. The Labute approximate surface area is 418 Å². The lowest BCUT2D eigenvalue weighted by Gasteiger charge is -2.14. The van der Waals surface area contributed by atoms with Gasteiger partial charge in [-0.15, -0.1) is 11.3 Å². The third kappa shape index (κ3) is 6.51. The number of benzene rings is 10. The van der Waals surface area contributed by atoms with Crippen LogP contribution in [0.1, 0.15) is 13.8 Å². The molecule has 15 rings (SSSR count). The lowest BCUT2D eigenvalue weighted by Crippen LogP contribution is -2.07. The van der Waals surface area contributed by atoms with E-state index in [1.165, 1.54) is 36.5 Å². The summed E-state index contributed by atoms with van der Waals surface area (Å²) in [4.78, 5) is 16.0. The number of fused-ring (bicyclic) bond motifs is 12. The zero-order valence-corrected chi connectivity index (χ0v) is 40.2. The van der Waals surface area contributed by atoms with E-state index in [2.05, 4.69) is 197 Å². The minimum atomic E-state index is 0.524. The van der Waals surface area contributed by atoms with Crippen molar-refractivity contribution in [2.45, 2.75) is 13.8 Å². The molecule has 0 aliphatic heterocycles. The van der Waals surface area contributed by atoms with Crippen LogP contribution in [0.15, 0.2) is 229 Å². The van der Waals surface area contributed by atoms with Crippen molar-refractivity contribution >= 4 is 97.1 Å². The largest absolute Gasteiger partial charge is 0.456 e. The highest BCUT2D eigenvalue weighted by Crippen LogP contribution is 2.44. The van der Waals surface area contributed by atoms with Gasteiger partial charge in [-0.1, -0.05) is 172 Å². The molecule has 10 aromatic carbocycles. The van der Waals surface area contributed by atoms with Crippen LogP contribution in [-0.2, 0) is 0 Å². The van der Waals surface area contributed by atoms with Gasteiger partial charge < -0.3 is 8.98 Å². The lowest BCUT2D eigenvalue weighted by molar-refractivity contribution is 0.669. The van der Waals surface area contributed by atoms with Crippen LogP contribution in [-0.4, -0.2) is 24.1 Å². The van der Waals surface area contributed by atoms with E-state index in [9.17, 15) is 0 Å². The second-order valence-corrected chi connectivity index (χ2v) is 19.0. The number of aromatic nitrogens is 5. The molecule has 7 heteroatoms. The van der Waals surface area contributed by atoms with Crippen molar-refractivity contribution in [3.8, 4) is 56.7 Å². The highest BCUT2D eigenvalue weighted by molar-refractivity contribution is 7.25. The summed E-state index contributed by atoms with van der Waals surface area (Å²) in [5.41, 5.74) is 13.3. The van der Waals surface area contributed by atoms with Crippen LogP contribution < -0.4 is 0 Å². The Morgan fingerprint density at radius 2 is 0.944 bits per heavy atom. The number of rotatable bonds is 6. The van der Waals surface area contributed by atoms with Crippen molar-refractivity contribution in [2.24, 2.45) is 0 Å². The van der Waals surface area contributed by atoms with E-state index in [1.807, 2.05) is 61.6 Å². The van der Waals surface area contributed by atoms with Crippen LogP contribution in [0.3, 0.4) is 0 Å². The molecule has 0 N–H and O–H groups in total. The summed E-state index contributed by atoms with van der Waals surface area (Å²) in [6, 6.07) is 79.9. The minimum absolute atomic E-state index is 0.524. The number of hydrogen-bond donors (Lipinski definition) is 0. The van der Waals surface area contributed by atoms with Gasteiger partial charge in [-0.2, -0.15) is 9.97 Å². The zero-order chi connectivity index (χ0) is 47.9. The molecule has 340 valence electrons. The Bertz CT molecular complexity index is 4560. The Balaban J connectivity index is 0.00000238. The third-order valence-electron chi connectivity index (χ3n) is 14.0. The van der Waals surface area contributed by atoms with E-state index in [0.29, 0.717) is 17.6 Å². The SMILES string of the molecule is CC.c1ccc(-c2nc(-c3ccc4c(c3)oc3ccccc34)nc(-n3c4ccc(-n5c6ccccc6c6ccccc65)cc4c4cccc(-c5cccc(-c6cccc7sc8ccccc8c67)c5)c43)n2)cc1. The maximum absolute atomic E-state index is 6.41. The van der Waals surface area contributed by atoms with Gasteiger partial charge in [0.15, 0.2) is 11.6 Å². The first-order chi connectivity index (χ1) is 35.7. The maximum atomic E-state index is 6.41. The number of hydrogen-bond acceptors (Lipinski definition) is 5. The molecule has 0 spiro atoms. The average Bonchev–Trinajstić information content (AvgIpc) is 4.21. The van der Waals surface area contributed by atoms with Crippen LogP contribution >= 0.6 is 11.3 Å². The Morgan fingerprint density at radius 3 is 1.75 bits per heavy atom. The van der Waals surface area contributed by atoms with Gasteiger partial charge >= 0.3 is 0 Å². The monoisotopic (exact) mass is 941 g/mol. The quantitative estimate of drug-likeness (QED) is 0.167. The number of thiophene rings is 1. The standard InChI is InChI=1S/C63H37N5OS.C2H6/c1-2-15-38(16-3-1)61-64-62(41-31-33-48-47-21-6-10-28-55(47)69-56(48)36-41)66-63(65-61)68-54-34-32-42(67-52-26-8-4-19-45(52)46-20-5-9-27-53(46)67)37-51(54)49-25-13-24-44(60(49)68)40-18-12-17-39(35-40)43-23-14-30-58-59(43)50-22-7-11-29-57(50)70-58;1-2/h1-37H;1-2H3. The van der Waals surface area contributed by atoms with Gasteiger partial charge in [0.2, 0.25) is 5.95 Å². The highest BCUT2D eigenvalue weighted by Gasteiger charge is 2.23. The van der Waals surface area contributed by atoms with Crippen LogP contribution in [0.25, 0.3) is 142 Å². The molecule has 6 nitrogen and oxygen atoms in total. The zero-order valence-electron chi connectivity index (χ0n) is 39.4. The van der Waals surface area contributed by atoms with Gasteiger partial charge in [-0.05, 0) is 83.4 Å². The van der Waals surface area contributed by atoms with Gasteiger partial charge in [0.05, 0.1) is 22.1 Å². The van der Waals surface area contributed by atoms with E-state index < -0.39 is 0 Å². The first kappa shape index (κ1) is 41.8. The summed E-state index contributed by atoms with van der Waals surface area (Å²) in [6.45, 7) is 4.00. The Hall–Kier alpha value is -9.17. The van der Waals surface area contributed by atoms with Crippen molar-refractivity contribution in [3.05, 3.63) is 224 Å². The molecular weight excluding hydrogens is 899 g/mol. The summed E-state index contributed by atoms with van der Waals surface area (Å²) in [6.07, 6.45) is 0. The van der Waals surface area contributed by atoms with Gasteiger partial charge in [0, 0.05) is 74.9 Å². The molecule has 0 aliphatic rings. The first-order valence-electron chi connectivity index (χ1n) is 24.5. The molecule has 5 aromatic heterocycles. The van der Waals surface area contributed by atoms with E-state index >= 15 is 0 Å². The first-order valence-corrected chi connectivity index (χ1v) is 25.3. The second-order valence-electron chi connectivity index (χ2n) is 17.9. The van der Waals surface area contributed by atoms with Gasteiger partial charge in [0.25, 0.3) is 0 Å². The predicted octanol–water partition coefficient (Wildman–Crippen LogP) is 18.0. The molecular formula is C65H43N5OS. The predicted molar refractivity (Wildman–Crippen MR) is 302 cm³/mol. The summed E-state index contributed by atoms with van der Waals surface area (Å²) in [5.74, 6) is 1.66. The van der Waals surface area contributed by atoms with Crippen LogP contribution in [0, 0.1) is 0 Å². The van der Waals surface area contributed by atoms with Crippen molar-refractivity contribution in [1.82, 2.24) is 24.1 Å². The molecule has 0 aliphatic carbocycles. The molecule has 0 unspecified atom stereocenters. The summed E-state index contributed by atoms with van der Waals surface area (Å²) in [7, 11) is 0. The van der Waals surface area contributed by atoms with E-state index in [1.54, 1.807) is 0 Å². The summed E-state index contributed by atoms with van der Waals surface area (Å²) in [5, 5.41) is 9.33. The fourth-order valence-electron chi connectivity index (χ4n) is 10.9. The topological polar surface area (TPSA) is 61.7 Å². The molecule has 0 atom stereocenters. The molecule has 0 fully saturated rings. The highest BCUT2D eigenvalue weighted by atomic mass is 32.1. The van der Waals surface area contributed by atoms with E-state index in [0.717, 1.165) is 88.3 Å².